The fraction of sp³-hybridized carbons (Fsp3) is 0.500. The average molecular weight is 618 g/mol. The quantitative estimate of drug-likeness (QED) is 0.304. The number of hydrogen-bond acceptors (Lipinski definition) is 4. The maximum absolute atomic E-state index is 14.4. The summed E-state index contributed by atoms with van der Waals surface area (Å²) < 4.78 is 54.0. The number of alkyl halides is 2. The van der Waals surface area contributed by atoms with Gasteiger partial charge in [-0.1, -0.05) is 54.4 Å². The number of carbonyl (C=O) groups excluding carboxylic acids is 1. The van der Waals surface area contributed by atoms with E-state index in [0.29, 0.717) is 28.5 Å². The number of halogens is 4. The minimum absolute atomic E-state index is 0.158. The van der Waals surface area contributed by atoms with Gasteiger partial charge >= 0.3 is 12.5 Å². The van der Waals surface area contributed by atoms with E-state index in [1.807, 2.05) is 6.07 Å². The van der Waals surface area contributed by atoms with Crippen molar-refractivity contribution in [2.75, 3.05) is 12.3 Å². The Bertz CT molecular complexity index is 1360. The topological polar surface area (TPSA) is 95.0 Å². The number of likely N-dealkylation sites (tertiary alicyclic amines) is 1. The van der Waals surface area contributed by atoms with E-state index in [0.717, 1.165) is 5.56 Å². The second kappa shape index (κ2) is 11.9. The molecule has 1 amide bonds. The van der Waals surface area contributed by atoms with Gasteiger partial charge in [-0.25, -0.2) is 8.42 Å². The number of carboxylic acids is 1. The molecule has 1 aliphatic carbocycles. The summed E-state index contributed by atoms with van der Waals surface area (Å²) in [5.74, 6) is -2.89. The number of amides is 1. The predicted molar refractivity (Wildman–Crippen MR) is 149 cm³/mol. The molecule has 1 saturated heterocycles. The summed E-state index contributed by atoms with van der Waals surface area (Å²) in [4.78, 5) is 27.8. The van der Waals surface area contributed by atoms with Gasteiger partial charge in [0.05, 0.1) is 23.6 Å². The fourth-order valence-electron chi connectivity index (χ4n) is 5.85. The van der Waals surface area contributed by atoms with Crippen LogP contribution in [0, 0.1) is 11.3 Å². The third-order valence-corrected chi connectivity index (χ3v) is 10.2. The second-order valence-electron chi connectivity index (χ2n) is 10.9. The summed E-state index contributed by atoms with van der Waals surface area (Å²) in [6.45, 7) is -1.03. The van der Waals surface area contributed by atoms with E-state index in [1.165, 1.54) is 11.8 Å². The summed E-state index contributed by atoms with van der Waals surface area (Å²) in [6, 6.07) is 12.3. The van der Waals surface area contributed by atoms with E-state index < -0.39 is 70.6 Å². The number of benzene rings is 2. The first-order chi connectivity index (χ1) is 18.8. The van der Waals surface area contributed by atoms with Gasteiger partial charge in [0.15, 0.2) is 0 Å². The zero-order chi connectivity index (χ0) is 29.4. The Morgan fingerprint density at radius 1 is 1.12 bits per heavy atom. The van der Waals surface area contributed by atoms with Gasteiger partial charge in [-0.05, 0) is 67.5 Å². The highest BCUT2D eigenvalue weighted by molar-refractivity contribution is 7.89. The van der Waals surface area contributed by atoms with Crippen LogP contribution in [0.2, 0.25) is 10.0 Å². The van der Waals surface area contributed by atoms with Crippen molar-refractivity contribution >= 4 is 45.1 Å². The number of rotatable bonds is 11. The third kappa shape index (κ3) is 6.45. The summed E-state index contributed by atoms with van der Waals surface area (Å²) in [6.07, 6.45) is 0.937. The maximum Gasteiger partial charge on any atom is 0.307 e. The van der Waals surface area contributed by atoms with Crippen LogP contribution in [0.1, 0.15) is 62.6 Å². The van der Waals surface area contributed by atoms with E-state index >= 15 is 0 Å². The van der Waals surface area contributed by atoms with Crippen molar-refractivity contribution in [2.45, 2.75) is 64.1 Å². The van der Waals surface area contributed by atoms with Crippen LogP contribution in [-0.2, 0) is 19.6 Å². The van der Waals surface area contributed by atoms with Crippen molar-refractivity contribution < 1.29 is 31.9 Å². The first kappa shape index (κ1) is 30.7. The van der Waals surface area contributed by atoms with Crippen LogP contribution >= 0.6 is 23.2 Å². The molecule has 0 aromatic heterocycles. The molecule has 0 spiro atoms. The molecule has 2 aliphatic rings. The van der Waals surface area contributed by atoms with Crippen LogP contribution in [0.4, 0.5) is 8.78 Å². The molecule has 0 radical (unpaired) electrons. The van der Waals surface area contributed by atoms with E-state index in [9.17, 15) is 31.9 Å². The van der Waals surface area contributed by atoms with Gasteiger partial charge in [-0.2, -0.15) is 8.78 Å². The highest BCUT2D eigenvalue weighted by atomic mass is 35.5. The number of sulfonamides is 1. The van der Waals surface area contributed by atoms with E-state index in [2.05, 4.69) is 0 Å². The first-order valence-electron chi connectivity index (χ1n) is 13.1. The normalized spacial score (nSPS) is 24.5. The molecule has 1 saturated carbocycles. The van der Waals surface area contributed by atoms with E-state index in [-0.39, 0.29) is 16.6 Å². The molecule has 2 fully saturated rings. The Kier molecular flexibility index (Phi) is 9.14. The summed E-state index contributed by atoms with van der Waals surface area (Å²) >= 11 is 12.5. The van der Waals surface area contributed by atoms with Crippen molar-refractivity contribution in [3.63, 3.8) is 0 Å². The van der Waals surface area contributed by atoms with Gasteiger partial charge < -0.3 is 10.0 Å². The lowest BCUT2D eigenvalue weighted by Gasteiger charge is -2.52. The van der Waals surface area contributed by atoms with Crippen molar-refractivity contribution in [3.05, 3.63) is 69.7 Å². The van der Waals surface area contributed by atoms with Crippen LogP contribution in [-0.4, -0.2) is 59.5 Å². The molecule has 2 aromatic carbocycles. The zero-order valence-electron chi connectivity index (χ0n) is 22.1. The monoisotopic (exact) mass is 616 g/mol. The van der Waals surface area contributed by atoms with Gasteiger partial charge in [0.25, 0.3) is 0 Å². The Hall–Kier alpha value is -2.27. The molecule has 40 heavy (non-hydrogen) atoms. The van der Waals surface area contributed by atoms with Crippen molar-refractivity contribution in [1.82, 2.24) is 9.21 Å². The Labute approximate surface area is 243 Å². The lowest BCUT2D eigenvalue weighted by atomic mass is 9.67. The van der Waals surface area contributed by atoms with Crippen LogP contribution in [0.3, 0.4) is 0 Å². The number of piperidine rings is 1. The van der Waals surface area contributed by atoms with Crippen molar-refractivity contribution in [2.24, 2.45) is 11.3 Å². The number of carbonyl (C=O) groups is 2. The summed E-state index contributed by atoms with van der Waals surface area (Å²) in [5, 5.41) is 10.7. The molecule has 218 valence electrons. The first-order valence-corrected chi connectivity index (χ1v) is 15.5. The largest absolute Gasteiger partial charge is 0.481 e. The highest BCUT2D eigenvalue weighted by Gasteiger charge is 2.55. The average Bonchev–Trinajstić information content (AvgIpc) is 3.72. The van der Waals surface area contributed by atoms with Crippen LogP contribution < -0.4 is 0 Å². The van der Waals surface area contributed by atoms with Crippen LogP contribution in [0.15, 0.2) is 48.5 Å². The molecule has 0 bridgehead atoms. The van der Waals surface area contributed by atoms with E-state index in [1.54, 1.807) is 49.4 Å². The Balaban J connectivity index is 1.93. The number of carboxylic acid groups (broad SMARTS) is 1. The van der Waals surface area contributed by atoms with E-state index in [4.69, 9.17) is 23.2 Å². The molecular weight excluding hydrogens is 585 g/mol. The van der Waals surface area contributed by atoms with Gasteiger partial charge in [0.1, 0.15) is 0 Å². The van der Waals surface area contributed by atoms with Gasteiger partial charge in [0, 0.05) is 28.5 Å². The molecule has 2 aromatic rings. The molecule has 1 aliphatic heterocycles. The SMILES string of the molecule is CCS(=O)(=O)N(CC(C1CC1)N1C(=O)C(C)(CC(=O)O)CC(c2cccc(Cl)c2)C1c1ccc(Cl)cc1)C(F)F. The molecule has 12 heteroatoms. The number of hydrogen-bond donors (Lipinski definition) is 1. The minimum Gasteiger partial charge on any atom is -0.481 e. The van der Waals surface area contributed by atoms with Crippen LogP contribution in [0.5, 0.6) is 0 Å². The van der Waals surface area contributed by atoms with Gasteiger partial charge in [-0.15, -0.1) is 4.31 Å². The lowest BCUT2D eigenvalue weighted by molar-refractivity contribution is -0.162. The van der Waals surface area contributed by atoms with Gasteiger partial charge in [-0.3, -0.25) is 9.59 Å². The molecule has 7 nitrogen and oxygen atoms in total. The smallest absolute Gasteiger partial charge is 0.307 e. The third-order valence-electron chi connectivity index (χ3n) is 7.96. The summed E-state index contributed by atoms with van der Waals surface area (Å²) in [7, 11) is -4.31. The minimum atomic E-state index is -4.31. The Morgan fingerprint density at radius 3 is 2.30 bits per heavy atom. The Morgan fingerprint density at radius 2 is 1.77 bits per heavy atom. The van der Waals surface area contributed by atoms with Crippen LogP contribution in [0.25, 0.3) is 0 Å². The number of aliphatic carboxylic acids is 1. The van der Waals surface area contributed by atoms with Crippen molar-refractivity contribution in [3.8, 4) is 0 Å². The van der Waals surface area contributed by atoms with Crippen molar-refractivity contribution in [1.29, 1.82) is 0 Å². The summed E-state index contributed by atoms with van der Waals surface area (Å²) in [5.41, 5.74) is 0.0458. The zero-order valence-corrected chi connectivity index (χ0v) is 24.5. The lowest BCUT2D eigenvalue weighted by Crippen LogP contribution is -2.59. The maximum atomic E-state index is 14.4. The molecule has 1 N–H and O–H groups in total. The highest BCUT2D eigenvalue weighted by Crippen LogP contribution is 2.54. The molecule has 4 rings (SSSR count). The number of nitrogens with zero attached hydrogens (tertiary/aromatic N) is 2. The molecule has 4 unspecified atom stereocenters. The molecule has 1 heterocycles. The predicted octanol–water partition coefficient (Wildman–Crippen LogP) is 6.18. The fourth-order valence-corrected chi connectivity index (χ4v) is 7.13. The molecular formula is C28H32Cl2F2N2O5S. The standard InChI is InChI=1S/C28H32Cl2F2N2O5S/c1-3-40(38,39)33(27(31)32)16-23(17-7-8-17)34-25(18-9-11-20(29)12-10-18)22(19-5-4-6-21(30)13-19)14-28(2,26(34)37)15-24(35)36/h4-6,9-13,17,22-23,25,27H,3,7-8,14-16H2,1-2H3,(H,35,36). The second-order valence-corrected chi connectivity index (χ2v) is 13.9. The molecule has 4 atom stereocenters. The van der Waals surface area contributed by atoms with Gasteiger partial charge in [0.2, 0.25) is 15.9 Å².